The van der Waals surface area contributed by atoms with Gasteiger partial charge in [0.05, 0.1) is 36.7 Å². The van der Waals surface area contributed by atoms with Gasteiger partial charge in [-0.25, -0.2) is 4.68 Å². The first-order chi connectivity index (χ1) is 18.8. The topological polar surface area (TPSA) is 68.6 Å². The van der Waals surface area contributed by atoms with E-state index in [1.165, 1.54) is 12.5 Å². The van der Waals surface area contributed by atoms with E-state index in [0.717, 1.165) is 49.4 Å². The number of carbonyl (C=O) groups is 1. The molecule has 1 fully saturated rings. The Kier molecular flexibility index (Phi) is 7.85. The number of rotatable bonds is 8. The number of amides is 1. The fourth-order valence-electron chi connectivity index (χ4n) is 4.66. The van der Waals surface area contributed by atoms with Crippen molar-refractivity contribution in [1.29, 1.82) is 0 Å². The van der Waals surface area contributed by atoms with Gasteiger partial charge in [0.2, 0.25) is 0 Å². The quantitative estimate of drug-likeness (QED) is 0.340. The van der Waals surface area contributed by atoms with Crippen LogP contribution in [0.3, 0.4) is 0 Å². The Morgan fingerprint density at radius 3 is 2.46 bits per heavy atom. The number of halogens is 3. The van der Waals surface area contributed by atoms with E-state index in [-0.39, 0.29) is 0 Å². The number of ether oxygens (including phenoxy) is 2. The molecule has 2 atom stereocenters. The molecule has 0 saturated carbocycles. The maximum Gasteiger partial charge on any atom is 0.471 e. The lowest BCUT2D eigenvalue weighted by atomic mass is 10.0. The van der Waals surface area contributed by atoms with E-state index in [0.29, 0.717) is 11.3 Å². The molecule has 204 valence electrons. The molecule has 0 aliphatic carbocycles. The third-order valence-electron chi connectivity index (χ3n) is 6.69. The van der Waals surface area contributed by atoms with Crippen LogP contribution in [-0.2, 0) is 16.1 Å². The summed E-state index contributed by atoms with van der Waals surface area (Å²) in [4.78, 5) is 13.9. The minimum atomic E-state index is -4.98. The summed E-state index contributed by atoms with van der Waals surface area (Å²) < 4.78 is 52.0. The molecule has 1 aliphatic heterocycles. The second-order valence-corrected chi connectivity index (χ2v) is 9.54. The summed E-state index contributed by atoms with van der Waals surface area (Å²) in [5.41, 5.74) is 3.62. The van der Waals surface area contributed by atoms with Gasteiger partial charge in [0, 0.05) is 25.0 Å². The number of fused-ring (bicyclic) bond motifs is 1. The molecule has 1 N–H and O–H groups in total. The molecular formula is C29H29F3N4O3. The van der Waals surface area contributed by atoms with Gasteiger partial charge in [-0.2, -0.15) is 18.3 Å². The molecule has 10 heteroatoms. The Morgan fingerprint density at radius 1 is 1.05 bits per heavy atom. The number of aromatic nitrogens is 2. The molecule has 0 bridgehead atoms. The second kappa shape index (κ2) is 11.5. The molecule has 1 amide bonds. The summed E-state index contributed by atoms with van der Waals surface area (Å²) in [6, 6.07) is 21.5. The van der Waals surface area contributed by atoms with E-state index in [2.05, 4.69) is 22.1 Å². The van der Waals surface area contributed by atoms with E-state index >= 15 is 0 Å². The van der Waals surface area contributed by atoms with E-state index in [1.807, 2.05) is 28.2 Å². The van der Waals surface area contributed by atoms with Gasteiger partial charge >= 0.3 is 12.1 Å². The van der Waals surface area contributed by atoms with Crippen LogP contribution in [0.1, 0.15) is 24.2 Å². The molecule has 1 aliphatic rings. The molecular weight excluding hydrogens is 509 g/mol. The van der Waals surface area contributed by atoms with Crippen LogP contribution in [0.15, 0.2) is 79.0 Å². The Hall–Kier alpha value is -3.89. The maximum atomic E-state index is 12.9. The van der Waals surface area contributed by atoms with Crippen molar-refractivity contribution in [3.63, 3.8) is 0 Å². The molecule has 39 heavy (non-hydrogen) atoms. The highest BCUT2D eigenvalue weighted by Gasteiger charge is 2.40. The summed E-state index contributed by atoms with van der Waals surface area (Å²) in [5.74, 6) is -1.56. The second-order valence-electron chi connectivity index (χ2n) is 9.54. The van der Waals surface area contributed by atoms with Gasteiger partial charge in [0.25, 0.3) is 0 Å². The monoisotopic (exact) mass is 538 g/mol. The van der Waals surface area contributed by atoms with Gasteiger partial charge in [0.15, 0.2) is 0 Å². The number of morpholine rings is 1. The zero-order chi connectivity index (χ0) is 27.4. The summed E-state index contributed by atoms with van der Waals surface area (Å²) >= 11 is 0. The largest absolute Gasteiger partial charge is 0.484 e. The van der Waals surface area contributed by atoms with Crippen molar-refractivity contribution >= 4 is 16.8 Å². The Morgan fingerprint density at radius 2 is 1.77 bits per heavy atom. The summed E-state index contributed by atoms with van der Waals surface area (Å²) in [7, 11) is 0. The number of hydrogen-bond donors (Lipinski definition) is 1. The van der Waals surface area contributed by atoms with Gasteiger partial charge in [0.1, 0.15) is 11.9 Å². The highest BCUT2D eigenvalue weighted by Crippen LogP contribution is 2.29. The third kappa shape index (κ3) is 6.40. The molecule has 4 aromatic rings. The predicted octanol–water partition coefficient (Wildman–Crippen LogP) is 5.04. The van der Waals surface area contributed by atoms with Crippen molar-refractivity contribution in [1.82, 2.24) is 20.0 Å². The number of nitrogens with zero attached hydrogens (tertiary/aromatic N) is 3. The Bertz CT molecular complexity index is 1400. The van der Waals surface area contributed by atoms with E-state index in [9.17, 15) is 18.0 Å². The Labute approximate surface area is 224 Å². The number of hydrogen-bond acceptors (Lipinski definition) is 5. The zero-order valence-electron chi connectivity index (χ0n) is 21.4. The predicted molar refractivity (Wildman–Crippen MR) is 141 cm³/mol. The van der Waals surface area contributed by atoms with Crippen molar-refractivity contribution in [2.45, 2.75) is 31.8 Å². The Balaban J connectivity index is 1.34. The van der Waals surface area contributed by atoms with Crippen LogP contribution in [0.25, 0.3) is 16.6 Å². The van der Waals surface area contributed by atoms with Crippen LogP contribution in [0, 0.1) is 0 Å². The summed E-state index contributed by atoms with van der Waals surface area (Å²) in [6.45, 7) is 5.73. The molecule has 5 rings (SSSR count). The smallest absolute Gasteiger partial charge is 0.471 e. The van der Waals surface area contributed by atoms with Gasteiger partial charge in [-0.05, 0) is 48.4 Å². The number of nitrogens with one attached hydrogen (secondary N) is 1. The van der Waals surface area contributed by atoms with Crippen LogP contribution < -0.4 is 10.1 Å². The van der Waals surface area contributed by atoms with E-state index in [1.54, 1.807) is 48.7 Å². The van der Waals surface area contributed by atoms with Crippen molar-refractivity contribution in [2.75, 3.05) is 26.3 Å². The molecule has 2 heterocycles. The number of benzene rings is 3. The number of alkyl halides is 3. The molecule has 1 aromatic heterocycles. The summed E-state index contributed by atoms with van der Waals surface area (Å²) in [5, 5.41) is 7.37. The maximum absolute atomic E-state index is 12.9. The SMILES string of the molecule is CC(NC(=O)C(F)(F)F)C(Oc1ccc2c(cnn2-c2ccc(CN3CCOCC3)cc2)c1)c1ccccc1. The standard InChI is InChI=1S/C29H29F3N4O3/c1-20(34-28(37)29(30,31)32)27(22-5-3-2-4-6-22)39-25-11-12-26-23(17-25)18-33-36(26)24-9-7-21(8-10-24)19-35-13-15-38-16-14-35/h2-12,17-18,20,27H,13-16,19H2,1H3,(H,34,37). The van der Waals surface area contributed by atoms with Crippen molar-refractivity contribution in [3.05, 3.63) is 90.1 Å². The minimum Gasteiger partial charge on any atom is -0.484 e. The van der Waals surface area contributed by atoms with Crippen LogP contribution in [0.2, 0.25) is 0 Å². The zero-order valence-corrected chi connectivity index (χ0v) is 21.4. The normalized spacial score (nSPS) is 16.1. The van der Waals surface area contributed by atoms with Gasteiger partial charge in [-0.15, -0.1) is 0 Å². The van der Waals surface area contributed by atoms with Crippen LogP contribution in [0.5, 0.6) is 5.75 Å². The van der Waals surface area contributed by atoms with E-state index < -0.39 is 24.2 Å². The highest BCUT2D eigenvalue weighted by molar-refractivity contribution is 5.82. The average Bonchev–Trinajstić information content (AvgIpc) is 3.36. The lowest BCUT2D eigenvalue weighted by Gasteiger charge is -2.27. The van der Waals surface area contributed by atoms with Gasteiger partial charge in [-0.1, -0.05) is 42.5 Å². The molecule has 0 spiro atoms. The number of carbonyl (C=O) groups excluding carboxylic acids is 1. The van der Waals surface area contributed by atoms with Crippen LogP contribution in [-0.4, -0.2) is 59.1 Å². The summed E-state index contributed by atoms with van der Waals surface area (Å²) in [6.07, 6.45) is -4.11. The highest BCUT2D eigenvalue weighted by atomic mass is 19.4. The molecule has 0 radical (unpaired) electrons. The molecule has 1 saturated heterocycles. The fourth-order valence-corrected chi connectivity index (χ4v) is 4.66. The van der Waals surface area contributed by atoms with Crippen molar-refractivity contribution < 1.29 is 27.4 Å². The lowest BCUT2D eigenvalue weighted by molar-refractivity contribution is -0.174. The minimum absolute atomic E-state index is 0.449. The molecule has 2 unspecified atom stereocenters. The van der Waals surface area contributed by atoms with E-state index in [4.69, 9.17) is 9.47 Å². The average molecular weight is 539 g/mol. The fraction of sp³-hybridized carbons (Fsp3) is 0.310. The first-order valence-corrected chi connectivity index (χ1v) is 12.7. The van der Waals surface area contributed by atoms with Gasteiger partial charge in [-0.3, -0.25) is 9.69 Å². The molecule has 3 aromatic carbocycles. The van der Waals surface area contributed by atoms with Crippen molar-refractivity contribution in [2.24, 2.45) is 0 Å². The van der Waals surface area contributed by atoms with Crippen molar-refractivity contribution in [3.8, 4) is 11.4 Å². The van der Waals surface area contributed by atoms with Crippen LogP contribution >= 0.6 is 0 Å². The third-order valence-corrected chi connectivity index (χ3v) is 6.69. The first-order valence-electron chi connectivity index (χ1n) is 12.7. The van der Waals surface area contributed by atoms with Gasteiger partial charge < -0.3 is 14.8 Å². The first kappa shape index (κ1) is 26.7. The molecule has 7 nitrogen and oxygen atoms in total. The van der Waals surface area contributed by atoms with Crippen LogP contribution in [0.4, 0.5) is 13.2 Å². The lowest BCUT2D eigenvalue weighted by Crippen LogP contribution is -2.45.